The number of urea groups is 1. The van der Waals surface area contributed by atoms with E-state index >= 15 is 0 Å². The van der Waals surface area contributed by atoms with Crippen LogP contribution in [-0.2, 0) is 19.6 Å². The Morgan fingerprint density at radius 2 is 1.82 bits per heavy atom. The summed E-state index contributed by atoms with van der Waals surface area (Å²) in [6.45, 7) is 15.4. The Balaban J connectivity index is 1.80. The van der Waals surface area contributed by atoms with Gasteiger partial charge in [0.15, 0.2) is 0 Å². The van der Waals surface area contributed by atoms with E-state index in [2.05, 4.69) is 72.6 Å². The topological polar surface area (TPSA) is 62.2 Å². The number of amides is 2. The Hall–Kier alpha value is -2.34. The SMILES string of the molecule is CCN(CC)Cc1ccccc1CNC(=O)NCC(C)Cn1nc(C)cc1C. The van der Waals surface area contributed by atoms with Crippen molar-refractivity contribution in [1.82, 2.24) is 25.3 Å². The Morgan fingerprint density at radius 3 is 2.43 bits per heavy atom. The number of aromatic nitrogens is 2. The van der Waals surface area contributed by atoms with E-state index in [-0.39, 0.29) is 6.03 Å². The zero-order chi connectivity index (χ0) is 20.5. The number of rotatable bonds is 10. The molecule has 0 fully saturated rings. The lowest BCUT2D eigenvalue weighted by molar-refractivity contribution is 0.238. The van der Waals surface area contributed by atoms with Crippen molar-refractivity contribution in [2.45, 2.75) is 54.3 Å². The third-order valence-corrected chi connectivity index (χ3v) is 5.05. The van der Waals surface area contributed by atoms with E-state index in [4.69, 9.17) is 0 Å². The molecule has 0 aliphatic carbocycles. The zero-order valence-electron chi connectivity index (χ0n) is 18.0. The van der Waals surface area contributed by atoms with Gasteiger partial charge >= 0.3 is 6.03 Å². The Bertz CT molecular complexity index is 751. The van der Waals surface area contributed by atoms with Crippen molar-refractivity contribution < 1.29 is 4.79 Å². The first-order valence-electron chi connectivity index (χ1n) is 10.2. The van der Waals surface area contributed by atoms with Crippen LogP contribution in [0.15, 0.2) is 30.3 Å². The first-order chi connectivity index (χ1) is 13.4. The van der Waals surface area contributed by atoms with Crippen molar-refractivity contribution in [3.63, 3.8) is 0 Å². The molecule has 0 bridgehead atoms. The number of nitrogens with one attached hydrogen (secondary N) is 2. The molecule has 1 atom stereocenters. The van der Waals surface area contributed by atoms with E-state index in [0.717, 1.165) is 37.6 Å². The van der Waals surface area contributed by atoms with Gasteiger partial charge in [0.1, 0.15) is 0 Å². The van der Waals surface area contributed by atoms with E-state index < -0.39 is 0 Å². The molecular formula is C22H35N5O. The summed E-state index contributed by atoms with van der Waals surface area (Å²) in [6.07, 6.45) is 0. The average Bonchev–Trinajstić information content (AvgIpc) is 3.00. The molecule has 2 N–H and O–H groups in total. The number of carbonyl (C=O) groups is 1. The lowest BCUT2D eigenvalue weighted by atomic mass is 10.1. The highest BCUT2D eigenvalue weighted by Gasteiger charge is 2.10. The normalized spacial score (nSPS) is 12.2. The van der Waals surface area contributed by atoms with Crippen LogP contribution in [0, 0.1) is 19.8 Å². The molecule has 0 saturated heterocycles. The van der Waals surface area contributed by atoms with E-state index in [1.165, 1.54) is 11.1 Å². The van der Waals surface area contributed by atoms with Crippen LogP contribution in [0.5, 0.6) is 0 Å². The first kappa shape index (κ1) is 22.0. The highest BCUT2D eigenvalue weighted by molar-refractivity contribution is 5.73. The fraction of sp³-hybridized carbons (Fsp3) is 0.545. The van der Waals surface area contributed by atoms with Gasteiger partial charge in [0, 0.05) is 31.9 Å². The minimum Gasteiger partial charge on any atom is -0.338 e. The Morgan fingerprint density at radius 1 is 1.14 bits per heavy atom. The molecule has 154 valence electrons. The maximum atomic E-state index is 12.2. The lowest BCUT2D eigenvalue weighted by Gasteiger charge is -2.20. The fourth-order valence-corrected chi connectivity index (χ4v) is 3.30. The molecule has 0 aliphatic heterocycles. The summed E-state index contributed by atoms with van der Waals surface area (Å²) < 4.78 is 2.00. The van der Waals surface area contributed by atoms with Gasteiger partial charge in [-0.1, -0.05) is 45.0 Å². The van der Waals surface area contributed by atoms with Crippen molar-refractivity contribution in [3.05, 3.63) is 52.8 Å². The van der Waals surface area contributed by atoms with Crippen LogP contribution in [0.3, 0.4) is 0 Å². The Kier molecular flexibility index (Phi) is 8.51. The van der Waals surface area contributed by atoms with Crippen LogP contribution in [0.25, 0.3) is 0 Å². The third kappa shape index (κ3) is 6.68. The monoisotopic (exact) mass is 385 g/mol. The van der Waals surface area contributed by atoms with Crippen molar-refractivity contribution in [2.24, 2.45) is 5.92 Å². The summed E-state index contributed by atoms with van der Waals surface area (Å²) in [5.41, 5.74) is 4.61. The second-order valence-electron chi connectivity index (χ2n) is 7.51. The van der Waals surface area contributed by atoms with Gasteiger partial charge in [0.05, 0.1) is 5.69 Å². The maximum Gasteiger partial charge on any atom is 0.315 e. The van der Waals surface area contributed by atoms with Crippen LogP contribution < -0.4 is 10.6 Å². The van der Waals surface area contributed by atoms with Gasteiger partial charge in [-0.05, 0) is 50.0 Å². The average molecular weight is 386 g/mol. The predicted molar refractivity (Wildman–Crippen MR) is 114 cm³/mol. The van der Waals surface area contributed by atoms with Crippen LogP contribution in [0.1, 0.15) is 43.3 Å². The second-order valence-corrected chi connectivity index (χ2v) is 7.51. The molecule has 0 radical (unpaired) electrons. The molecule has 6 nitrogen and oxygen atoms in total. The summed E-state index contributed by atoms with van der Waals surface area (Å²) in [5, 5.41) is 10.5. The van der Waals surface area contributed by atoms with Crippen LogP contribution in [-0.4, -0.2) is 40.3 Å². The molecule has 28 heavy (non-hydrogen) atoms. The number of nitrogens with zero attached hydrogens (tertiary/aromatic N) is 3. The molecule has 0 spiro atoms. The summed E-state index contributed by atoms with van der Waals surface area (Å²) >= 11 is 0. The molecule has 2 aromatic rings. The maximum absolute atomic E-state index is 12.2. The van der Waals surface area contributed by atoms with Gasteiger partial charge in [0.25, 0.3) is 0 Å². The smallest absolute Gasteiger partial charge is 0.315 e. The van der Waals surface area contributed by atoms with E-state index in [1.54, 1.807) is 0 Å². The number of benzene rings is 1. The number of hydrogen-bond acceptors (Lipinski definition) is 3. The van der Waals surface area contributed by atoms with E-state index in [0.29, 0.717) is 19.0 Å². The molecule has 1 aromatic carbocycles. The molecule has 6 heteroatoms. The minimum absolute atomic E-state index is 0.127. The van der Waals surface area contributed by atoms with Crippen LogP contribution in [0.2, 0.25) is 0 Å². The minimum atomic E-state index is -0.127. The molecule has 0 saturated carbocycles. The van der Waals surface area contributed by atoms with Crippen molar-refractivity contribution in [2.75, 3.05) is 19.6 Å². The van der Waals surface area contributed by atoms with E-state index in [1.807, 2.05) is 17.7 Å². The summed E-state index contributed by atoms with van der Waals surface area (Å²) in [6, 6.07) is 10.3. The lowest BCUT2D eigenvalue weighted by Crippen LogP contribution is -2.38. The highest BCUT2D eigenvalue weighted by Crippen LogP contribution is 2.12. The van der Waals surface area contributed by atoms with Gasteiger partial charge in [-0.25, -0.2) is 4.79 Å². The summed E-state index contributed by atoms with van der Waals surface area (Å²) in [7, 11) is 0. The quantitative estimate of drug-likeness (QED) is 0.658. The van der Waals surface area contributed by atoms with Gasteiger partial charge in [-0.15, -0.1) is 0 Å². The van der Waals surface area contributed by atoms with Gasteiger partial charge in [0.2, 0.25) is 0 Å². The van der Waals surface area contributed by atoms with Crippen LogP contribution >= 0.6 is 0 Å². The van der Waals surface area contributed by atoms with Crippen LogP contribution in [0.4, 0.5) is 4.79 Å². The molecular weight excluding hydrogens is 350 g/mol. The van der Waals surface area contributed by atoms with E-state index in [9.17, 15) is 4.79 Å². The predicted octanol–water partition coefficient (Wildman–Crippen LogP) is 3.48. The largest absolute Gasteiger partial charge is 0.338 e. The second kappa shape index (κ2) is 10.9. The third-order valence-electron chi connectivity index (χ3n) is 5.05. The molecule has 0 aliphatic rings. The summed E-state index contributed by atoms with van der Waals surface area (Å²) in [5.74, 6) is 0.304. The van der Waals surface area contributed by atoms with Gasteiger partial charge in [-0.2, -0.15) is 5.10 Å². The molecule has 1 unspecified atom stereocenters. The highest BCUT2D eigenvalue weighted by atomic mass is 16.2. The summed E-state index contributed by atoms with van der Waals surface area (Å²) in [4.78, 5) is 14.6. The molecule has 2 amide bonds. The molecule has 1 heterocycles. The fourth-order valence-electron chi connectivity index (χ4n) is 3.30. The number of carbonyl (C=O) groups excluding carboxylic acids is 1. The Labute approximate surface area is 169 Å². The van der Waals surface area contributed by atoms with Crippen molar-refractivity contribution >= 4 is 6.03 Å². The standard InChI is InChI=1S/C22H35N5O/c1-6-26(7-2)16-21-11-9-8-10-20(21)14-24-22(28)23-13-17(3)15-27-19(5)12-18(4)25-27/h8-12,17H,6-7,13-16H2,1-5H3,(H2,23,24,28). The van der Waals surface area contributed by atoms with Gasteiger partial charge in [-0.3, -0.25) is 9.58 Å². The van der Waals surface area contributed by atoms with Crippen molar-refractivity contribution in [1.29, 1.82) is 0 Å². The number of aryl methyl sites for hydroxylation is 2. The number of hydrogen-bond donors (Lipinski definition) is 2. The molecule has 1 aromatic heterocycles. The zero-order valence-corrected chi connectivity index (χ0v) is 18.0. The molecule has 2 rings (SSSR count). The van der Waals surface area contributed by atoms with Crippen molar-refractivity contribution in [3.8, 4) is 0 Å². The van der Waals surface area contributed by atoms with Gasteiger partial charge < -0.3 is 10.6 Å². The first-order valence-corrected chi connectivity index (χ1v) is 10.2.